The lowest BCUT2D eigenvalue weighted by atomic mass is 9.86. The summed E-state index contributed by atoms with van der Waals surface area (Å²) in [6.45, 7) is 2.08. The predicted octanol–water partition coefficient (Wildman–Crippen LogP) is 1.61. The minimum absolute atomic E-state index is 0.101. The number of hydrogen-bond donors (Lipinski definition) is 0. The summed E-state index contributed by atoms with van der Waals surface area (Å²) in [6, 6.07) is 7.73. The lowest BCUT2D eigenvalue weighted by Gasteiger charge is -2.23. The van der Waals surface area contributed by atoms with E-state index in [1.165, 1.54) is 0 Å². The highest BCUT2D eigenvalue weighted by molar-refractivity contribution is 7.90. The van der Waals surface area contributed by atoms with Crippen molar-refractivity contribution in [3.63, 3.8) is 0 Å². The van der Waals surface area contributed by atoms with E-state index in [0.29, 0.717) is 32.6 Å². The van der Waals surface area contributed by atoms with E-state index in [2.05, 4.69) is 0 Å². The quantitative estimate of drug-likeness (QED) is 0.796. The van der Waals surface area contributed by atoms with Crippen molar-refractivity contribution in [3.8, 4) is 5.75 Å². The number of nitrogens with zero attached hydrogens (tertiary/aromatic N) is 2. The Labute approximate surface area is 148 Å². The van der Waals surface area contributed by atoms with Crippen LogP contribution in [0.1, 0.15) is 31.2 Å². The Morgan fingerprint density at radius 3 is 2.72 bits per heavy atom. The Hall–Kier alpha value is -1.60. The van der Waals surface area contributed by atoms with Crippen LogP contribution in [0.25, 0.3) is 0 Å². The van der Waals surface area contributed by atoms with Gasteiger partial charge in [0.1, 0.15) is 5.75 Å². The molecule has 25 heavy (non-hydrogen) atoms. The third-order valence-electron chi connectivity index (χ3n) is 5.73. The number of carbonyl (C=O) groups excluding carboxylic acids is 1. The minimum atomic E-state index is -3.19. The van der Waals surface area contributed by atoms with Crippen LogP contribution in [0, 0.1) is 5.41 Å². The molecule has 3 fully saturated rings. The Balaban J connectivity index is 1.46. The van der Waals surface area contributed by atoms with E-state index in [0.717, 1.165) is 30.6 Å². The van der Waals surface area contributed by atoms with Gasteiger partial charge in [0, 0.05) is 26.2 Å². The standard InChI is InChI=1S/C18H24N2O4S/c1-24-15-4-2-3-14(11-15)12-19-9-7-18(17(19)21)8-10-20(13-18)25(22,23)16-5-6-16/h2-4,11,16H,5-10,12-13H2,1H3/t18-/m1/s1. The zero-order valence-corrected chi connectivity index (χ0v) is 15.3. The van der Waals surface area contributed by atoms with Gasteiger partial charge in [-0.25, -0.2) is 12.7 Å². The summed E-state index contributed by atoms with van der Waals surface area (Å²) < 4.78 is 31.8. The summed E-state index contributed by atoms with van der Waals surface area (Å²) in [7, 11) is -1.56. The van der Waals surface area contributed by atoms with Gasteiger partial charge in [-0.3, -0.25) is 4.79 Å². The van der Waals surface area contributed by atoms with E-state index in [9.17, 15) is 13.2 Å². The fourth-order valence-electron chi connectivity index (χ4n) is 4.04. The molecule has 1 aromatic carbocycles. The Bertz CT molecular complexity index is 790. The number of amides is 1. The van der Waals surface area contributed by atoms with Crippen molar-refractivity contribution >= 4 is 15.9 Å². The molecule has 2 saturated heterocycles. The second-order valence-corrected chi connectivity index (χ2v) is 9.65. The average Bonchev–Trinajstić information content (AvgIpc) is 3.33. The maximum Gasteiger partial charge on any atom is 0.230 e. The summed E-state index contributed by atoms with van der Waals surface area (Å²) in [5.74, 6) is 0.880. The average molecular weight is 364 g/mol. The van der Waals surface area contributed by atoms with Gasteiger partial charge >= 0.3 is 0 Å². The largest absolute Gasteiger partial charge is 0.497 e. The first-order chi connectivity index (χ1) is 11.9. The number of benzene rings is 1. The van der Waals surface area contributed by atoms with Crippen LogP contribution in [0.5, 0.6) is 5.75 Å². The van der Waals surface area contributed by atoms with Crippen LogP contribution >= 0.6 is 0 Å². The molecule has 0 N–H and O–H groups in total. The molecule has 136 valence electrons. The van der Waals surface area contributed by atoms with Gasteiger partial charge in [-0.15, -0.1) is 0 Å². The maximum absolute atomic E-state index is 13.0. The fraction of sp³-hybridized carbons (Fsp3) is 0.611. The van der Waals surface area contributed by atoms with Gasteiger partial charge in [-0.2, -0.15) is 0 Å². The molecule has 0 aromatic heterocycles. The first kappa shape index (κ1) is 16.8. The summed E-state index contributed by atoms with van der Waals surface area (Å²) in [6.07, 6.45) is 2.92. The Morgan fingerprint density at radius 1 is 1.24 bits per heavy atom. The highest BCUT2D eigenvalue weighted by atomic mass is 32.2. The van der Waals surface area contributed by atoms with Crippen molar-refractivity contribution in [2.45, 2.75) is 37.5 Å². The Kier molecular flexibility index (Phi) is 4.03. The van der Waals surface area contributed by atoms with Gasteiger partial charge in [0.15, 0.2) is 0 Å². The number of rotatable bonds is 5. The third-order valence-corrected chi connectivity index (χ3v) is 8.08. The summed E-state index contributed by atoms with van der Waals surface area (Å²) in [4.78, 5) is 14.9. The number of likely N-dealkylation sites (tertiary alicyclic amines) is 1. The first-order valence-corrected chi connectivity index (χ1v) is 10.4. The first-order valence-electron chi connectivity index (χ1n) is 8.86. The lowest BCUT2D eigenvalue weighted by molar-refractivity contribution is -0.135. The summed E-state index contributed by atoms with van der Waals surface area (Å²) in [5.41, 5.74) is 0.520. The van der Waals surface area contributed by atoms with Gasteiger partial charge < -0.3 is 9.64 Å². The van der Waals surface area contributed by atoms with Gasteiger partial charge in [-0.05, 0) is 43.4 Å². The molecular weight excluding hydrogens is 340 g/mol. The molecule has 0 radical (unpaired) electrons. The fourth-order valence-corrected chi connectivity index (χ4v) is 5.97. The van der Waals surface area contributed by atoms with E-state index in [-0.39, 0.29) is 11.2 Å². The van der Waals surface area contributed by atoms with Gasteiger partial charge in [0.05, 0.1) is 17.8 Å². The molecule has 6 nitrogen and oxygen atoms in total. The molecule has 2 aliphatic heterocycles. The SMILES string of the molecule is COc1cccc(CN2CC[C@]3(CCN(S(=O)(=O)C4CC4)C3)C2=O)c1. The molecule has 1 aliphatic carbocycles. The van der Waals surface area contributed by atoms with Crippen molar-refractivity contribution in [2.24, 2.45) is 5.41 Å². The third kappa shape index (κ3) is 2.93. The molecule has 1 saturated carbocycles. The molecule has 1 spiro atoms. The van der Waals surface area contributed by atoms with Gasteiger partial charge in [-0.1, -0.05) is 12.1 Å². The molecule has 4 rings (SSSR count). The number of methoxy groups -OCH3 is 1. The number of carbonyl (C=O) groups is 1. The normalized spacial score (nSPS) is 27.4. The lowest BCUT2D eigenvalue weighted by Crippen LogP contribution is -2.39. The summed E-state index contributed by atoms with van der Waals surface area (Å²) >= 11 is 0. The predicted molar refractivity (Wildman–Crippen MR) is 93.6 cm³/mol. The van der Waals surface area contributed by atoms with Crippen LogP contribution in [0.15, 0.2) is 24.3 Å². The van der Waals surface area contributed by atoms with Crippen molar-refractivity contribution in [1.82, 2.24) is 9.21 Å². The van der Waals surface area contributed by atoms with E-state index in [4.69, 9.17) is 4.74 Å². The van der Waals surface area contributed by atoms with Gasteiger partial charge in [0.25, 0.3) is 0 Å². The molecule has 1 amide bonds. The topological polar surface area (TPSA) is 66.9 Å². The van der Waals surface area contributed by atoms with E-state index in [1.807, 2.05) is 29.2 Å². The van der Waals surface area contributed by atoms with Crippen LogP contribution in [0.4, 0.5) is 0 Å². The number of ether oxygens (including phenoxy) is 1. The minimum Gasteiger partial charge on any atom is -0.497 e. The summed E-state index contributed by atoms with van der Waals surface area (Å²) in [5, 5.41) is -0.202. The second-order valence-electron chi connectivity index (χ2n) is 7.44. The van der Waals surface area contributed by atoms with Crippen LogP contribution < -0.4 is 4.74 Å². The van der Waals surface area contributed by atoms with Crippen LogP contribution in [0.3, 0.4) is 0 Å². The number of sulfonamides is 1. The smallest absolute Gasteiger partial charge is 0.230 e. The molecule has 7 heteroatoms. The second kappa shape index (κ2) is 5.99. The molecule has 1 aromatic rings. The zero-order chi connectivity index (χ0) is 17.7. The molecular formula is C18H24N2O4S. The van der Waals surface area contributed by atoms with Crippen LogP contribution in [-0.4, -0.2) is 55.5 Å². The van der Waals surface area contributed by atoms with Crippen molar-refractivity contribution in [1.29, 1.82) is 0 Å². The Morgan fingerprint density at radius 2 is 2.00 bits per heavy atom. The zero-order valence-electron chi connectivity index (χ0n) is 14.5. The number of hydrogen-bond acceptors (Lipinski definition) is 4. The molecule has 3 aliphatic rings. The maximum atomic E-state index is 13.0. The highest BCUT2D eigenvalue weighted by Crippen LogP contribution is 2.44. The van der Waals surface area contributed by atoms with Crippen molar-refractivity contribution in [3.05, 3.63) is 29.8 Å². The monoisotopic (exact) mass is 364 g/mol. The molecule has 1 atom stereocenters. The molecule has 2 heterocycles. The van der Waals surface area contributed by atoms with E-state index in [1.54, 1.807) is 11.4 Å². The van der Waals surface area contributed by atoms with E-state index >= 15 is 0 Å². The van der Waals surface area contributed by atoms with Crippen molar-refractivity contribution in [2.75, 3.05) is 26.7 Å². The van der Waals surface area contributed by atoms with Crippen LogP contribution in [-0.2, 0) is 21.4 Å². The van der Waals surface area contributed by atoms with Crippen LogP contribution in [0.2, 0.25) is 0 Å². The van der Waals surface area contributed by atoms with E-state index < -0.39 is 15.4 Å². The molecule has 0 bridgehead atoms. The highest BCUT2D eigenvalue weighted by Gasteiger charge is 2.54. The van der Waals surface area contributed by atoms with Gasteiger partial charge in [0.2, 0.25) is 15.9 Å². The molecule has 0 unspecified atom stereocenters. The van der Waals surface area contributed by atoms with Crippen molar-refractivity contribution < 1.29 is 17.9 Å².